The maximum Gasteiger partial charge on any atom is 0.278 e. The van der Waals surface area contributed by atoms with Gasteiger partial charge in [0.25, 0.3) is 11.8 Å². The van der Waals surface area contributed by atoms with Crippen molar-refractivity contribution in [2.75, 3.05) is 11.4 Å². The SMILES string of the molecule is CCN(C1=C(c2ccc(C)cc2)C(=O)N(Cc2ccco2)C1=O)c1ccccc1. The van der Waals surface area contributed by atoms with Crippen LogP contribution in [-0.4, -0.2) is 23.3 Å². The largest absolute Gasteiger partial charge is 0.467 e. The lowest BCUT2D eigenvalue weighted by molar-refractivity contribution is -0.137. The molecule has 1 aliphatic heterocycles. The summed E-state index contributed by atoms with van der Waals surface area (Å²) in [5.41, 5.74) is 3.53. The molecule has 1 aromatic heterocycles. The minimum absolute atomic E-state index is 0.107. The minimum Gasteiger partial charge on any atom is -0.467 e. The van der Waals surface area contributed by atoms with Crippen LogP contribution in [0.15, 0.2) is 83.1 Å². The molecule has 2 amide bonds. The Hall–Kier alpha value is -3.60. The quantitative estimate of drug-likeness (QED) is 0.590. The van der Waals surface area contributed by atoms with Gasteiger partial charge in [-0.05, 0) is 43.7 Å². The van der Waals surface area contributed by atoms with Crippen LogP contribution < -0.4 is 4.90 Å². The highest BCUT2D eigenvalue weighted by Gasteiger charge is 2.42. The standard InChI is InChI=1S/C24H22N2O3/c1-3-25(19-8-5-4-6-9-19)22-21(18-13-11-17(2)12-14-18)23(27)26(24(22)28)16-20-10-7-15-29-20/h4-15H,3,16H2,1-2H3. The molecule has 0 saturated carbocycles. The van der Waals surface area contributed by atoms with Crippen LogP contribution in [0.2, 0.25) is 0 Å². The summed E-state index contributed by atoms with van der Waals surface area (Å²) in [5.74, 6) is -0.0497. The number of aryl methyl sites for hydroxylation is 1. The van der Waals surface area contributed by atoms with Crippen LogP contribution in [0.3, 0.4) is 0 Å². The number of carbonyl (C=O) groups is 2. The Balaban J connectivity index is 1.83. The van der Waals surface area contributed by atoms with Crippen LogP contribution in [-0.2, 0) is 16.1 Å². The summed E-state index contributed by atoms with van der Waals surface area (Å²) < 4.78 is 5.38. The van der Waals surface area contributed by atoms with Crippen molar-refractivity contribution in [2.45, 2.75) is 20.4 Å². The summed E-state index contributed by atoms with van der Waals surface area (Å²) in [5, 5.41) is 0. The van der Waals surface area contributed by atoms with Crippen LogP contribution in [0, 0.1) is 6.92 Å². The van der Waals surface area contributed by atoms with Crippen LogP contribution in [0.25, 0.3) is 5.57 Å². The number of likely N-dealkylation sites (N-methyl/N-ethyl adjacent to an activating group) is 1. The first-order valence-corrected chi connectivity index (χ1v) is 9.62. The fourth-order valence-corrected chi connectivity index (χ4v) is 3.57. The number of hydrogen-bond donors (Lipinski definition) is 0. The second kappa shape index (κ2) is 7.80. The van der Waals surface area contributed by atoms with Gasteiger partial charge in [-0.1, -0.05) is 48.0 Å². The normalized spacial score (nSPS) is 14.1. The second-order valence-corrected chi connectivity index (χ2v) is 6.95. The van der Waals surface area contributed by atoms with E-state index >= 15 is 0 Å². The number of benzene rings is 2. The van der Waals surface area contributed by atoms with Crippen LogP contribution >= 0.6 is 0 Å². The molecule has 0 radical (unpaired) electrons. The number of furan rings is 1. The van der Waals surface area contributed by atoms with E-state index in [9.17, 15) is 9.59 Å². The monoisotopic (exact) mass is 386 g/mol. The summed E-state index contributed by atoms with van der Waals surface area (Å²) in [6.45, 7) is 4.63. The molecular formula is C24H22N2O3. The van der Waals surface area contributed by atoms with E-state index in [-0.39, 0.29) is 18.4 Å². The third-order valence-electron chi connectivity index (χ3n) is 5.03. The number of anilines is 1. The van der Waals surface area contributed by atoms with Crippen LogP contribution in [0.5, 0.6) is 0 Å². The fourth-order valence-electron chi connectivity index (χ4n) is 3.57. The summed E-state index contributed by atoms with van der Waals surface area (Å²) in [6, 6.07) is 20.9. The molecule has 0 fully saturated rings. The van der Waals surface area contributed by atoms with E-state index in [1.165, 1.54) is 11.2 Å². The molecule has 0 spiro atoms. The van der Waals surface area contributed by atoms with E-state index in [1.54, 1.807) is 12.1 Å². The number of imide groups is 1. The Kier molecular flexibility index (Phi) is 5.04. The molecule has 0 bridgehead atoms. The van der Waals surface area contributed by atoms with Crippen molar-refractivity contribution in [1.82, 2.24) is 4.90 Å². The Morgan fingerprint density at radius 3 is 2.24 bits per heavy atom. The van der Waals surface area contributed by atoms with Crippen molar-refractivity contribution in [3.05, 3.63) is 95.6 Å². The van der Waals surface area contributed by atoms with Gasteiger partial charge in [-0.3, -0.25) is 14.5 Å². The van der Waals surface area contributed by atoms with Crippen molar-refractivity contribution in [3.63, 3.8) is 0 Å². The Bertz CT molecular complexity index is 1050. The Labute approximate surface area is 169 Å². The van der Waals surface area contributed by atoms with Crippen molar-refractivity contribution in [1.29, 1.82) is 0 Å². The van der Waals surface area contributed by atoms with Crippen molar-refractivity contribution in [3.8, 4) is 0 Å². The Morgan fingerprint density at radius 1 is 0.897 bits per heavy atom. The van der Waals surface area contributed by atoms with Gasteiger partial charge in [0.1, 0.15) is 11.5 Å². The van der Waals surface area contributed by atoms with Gasteiger partial charge in [0.2, 0.25) is 0 Å². The van der Waals surface area contributed by atoms with Gasteiger partial charge in [0.15, 0.2) is 0 Å². The molecule has 29 heavy (non-hydrogen) atoms. The van der Waals surface area contributed by atoms with E-state index in [0.717, 1.165) is 16.8 Å². The molecule has 2 aromatic carbocycles. The zero-order valence-corrected chi connectivity index (χ0v) is 16.5. The first-order chi connectivity index (χ1) is 14.1. The van der Waals surface area contributed by atoms with Gasteiger partial charge in [-0.15, -0.1) is 0 Å². The lowest BCUT2D eigenvalue weighted by atomic mass is 10.0. The van der Waals surface area contributed by atoms with Gasteiger partial charge in [-0.2, -0.15) is 0 Å². The Morgan fingerprint density at radius 2 is 1.62 bits per heavy atom. The third kappa shape index (κ3) is 3.47. The highest BCUT2D eigenvalue weighted by molar-refractivity contribution is 6.36. The number of carbonyl (C=O) groups excluding carboxylic acids is 2. The number of hydrogen-bond acceptors (Lipinski definition) is 4. The first-order valence-electron chi connectivity index (χ1n) is 9.62. The van der Waals surface area contributed by atoms with Gasteiger partial charge >= 0.3 is 0 Å². The molecule has 146 valence electrons. The molecule has 0 unspecified atom stereocenters. The third-order valence-corrected chi connectivity index (χ3v) is 5.03. The molecule has 5 heteroatoms. The smallest absolute Gasteiger partial charge is 0.278 e. The van der Waals surface area contributed by atoms with Crippen molar-refractivity contribution >= 4 is 23.1 Å². The number of rotatable bonds is 6. The molecule has 2 heterocycles. The fraction of sp³-hybridized carbons (Fsp3) is 0.167. The summed E-state index contributed by atoms with van der Waals surface area (Å²) >= 11 is 0. The summed E-state index contributed by atoms with van der Waals surface area (Å²) in [7, 11) is 0. The molecule has 1 aliphatic rings. The maximum absolute atomic E-state index is 13.4. The summed E-state index contributed by atoms with van der Waals surface area (Å²) in [6.07, 6.45) is 1.54. The molecule has 0 aliphatic carbocycles. The van der Waals surface area contributed by atoms with Gasteiger partial charge in [0.05, 0.1) is 18.4 Å². The van der Waals surface area contributed by atoms with Crippen molar-refractivity contribution in [2.24, 2.45) is 0 Å². The zero-order valence-electron chi connectivity index (χ0n) is 16.5. The maximum atomic E-state index is 13.4. The van der Waals surface area contributed by atoms with Gasteiger partial charge in [0, 0.05) is 12.2 Å². The van der Waals surface area contributed by atoms with Gasteiger partial charge in [-0.25, -0.2) is 0 Å². The van der Waals surface area contributed by atoms with Crippen LogP contribution in [0.4, 0.5) is 5.69 Å². The van der Waals surface area contributed by atoms with E-state index in [4.69, 9.17) is 4.42 Å². The minimum atomic E-state index is -0.312. The second-order valence-electron chi connectivity index (χ2n) is 6.95. The molecule has 0 saturated heterocycles. The number of amides is 2. The average molecular weight is 386 g/mol. The molecule has 4 rings (SSSR count). The zero-order chi connectivity index (χ0) is 20.4. The van der Waals surface area contributed by atoms with E-state index in [1.807, 2.05) is 73.3 Å². The van der Waals surface area contributed by atoms with E-state index in [2.05, 4.69) is 0 Å². The lowest BCUT2D eigenvalue weighted by Gasteiger charge is -2.24. The highest BCUT2D eigenvalue weighted by atomic mass is 16.3. The van der Waals surface area contributed by atoms with E-state index < -0.39 is 0 Å². The van der Waals surface area contributed by atoms with Crippen LogP contribution in [0.1, 0.15) is 23.8 Å². The predicted octanol–water partition coefficient (Wildman–Crippen LogP) is 4.39. The highest BCUT2D eigenvalue weighted by Crippen LogP contribution is 2.35. The topological polar surface area (TPSA) is 53.8 Å². The predicted molar refractivity (Wildman–Crippen MR) is 112 cm³/mol. The average Bonchev–Trinajstić information content (AvgIpc) is 3.33. The molecule has 3 aromatic rings. The molecule has 0 N–H and O–H groups in total. The number of nitrogens with zero attached hydrogens (tertiary/aromatic N) is 2. The van der Waals surface area contributed by atoms with E-state index in [0.29, 0.717) is 23.6 Å². The first kappa shape index (κ1) is 18.7. The molecular weight excluding hydrogens is 364 g/mol. The lowest BCUT2D eigenvalue weighted by Crippen LogP contribution is -2.34. The molecule has 5 nitrogen and oxygen atoms in total. The number of para-hydroxylation sites is 1. The summed E-state index contributed by atoms with van der Waals surface area (Å²) in [4.78, 5) is 30.0. The van der Waals surface area contributed by atoms with Gasteiger partial charge < -0.3 is 9.32 Å². The van der Waals surface area contributed by atoms with Crippen molar-refractivity contribution < 1.29 is 14.0 Å². The molecule has 0 atom stereocenters.